The molecular formula is C28H23F3N4O3. The van der Waals surface area contributed by atoms with Crippen LogP contribution in [0.3, 0.4) is 0 Å². The van der Waals surface area contributed by atoms with Crippen molar-refractivity contribution < 1.29 is 27.5 Å². The van der Waals surface area contributed by atoms with Crippen molar-refractivity contribution in [1.82, 2.24) is 20.1 Å². The predicted octanol–water partition coefficient (Wildman–Crippen LogP) is 5.30. The van der Waals surface area contributed by atoms with Crippen molar-refractivity contribution in [2.45, 2.75) is 31.5 Å². The van der Waals surface area contributed by atoms with Crippen molar-refractivity contribution in [3.8, 4) is 17.1 Å². The van der Waals surface area contributed by atoms with Gasteiger partial charge in [-0.05, 0) is 48.6 Å². The van der Waals surface area contributed by atoms with Crippen LogP contribution in [0.2, 0.25) is 0 Å². The summed E-state index contributed by atoms with van der Waals surface area (Å²) in [6.45, 7) is -0.545. The monoisotopic (exact) mass is 520 g/mol. The van der Waals surface area contributed by atoms with Crippen molar-refractivity contribution in [1.29, 1.82) is 0 Å². The van der Waals surface area contributed by atoms with Crippen LogP contribution in [0.4, 0.5) is 13.2 Å². The van der Waals surface area contributed by atoms with E-state index in [1.54, 1.807) is 30.3 Å². The summed E-state index contributed by atoms with van der Waals surface area (Å²) in [5, 5.41) is 7.04. The topological polar surface area (TPSA) is 86.1 Å². The fraction of sp³-hybridized carbons (Fsp3) is 0.214. The van der Waals surface area contributed by atoms with Gasteiger partial charge in [0.15, 0.2) is 12.4 Å². The highest BCUT2D eigenvalue weighted by Crippen LogP contribution is 2.32. The lowest BCUT2D eigenvalue weighted by molar-refractivity contribution is -0.137. The second kappa shape index (κ2) is 10.5. The molecule has 1 aliphatic carbocycles. The second-order valence-electron chi connectivity index (χ2n) is 8.87. The van der Waals surface area contributed by atoms with Crippen LogP contribution < -0.4 is 5.32 Å². The highest BCUT2D eigenvalue weighted by Gasteiger charge is 2.31. The Bertz CT molecular complexity index is 1470. The maximum Gasteiger partial charge on any atom is 0.416 e. The number of aryl methyl sites for hydroxylation is 1. The quantitative estimate of drug-likeness (QED) is 0.349. The highest BCUT2D eigenvalue weighted by molar-refractivity contribution is 5.88. The zero-order valence-corrected chi connectivity index (χ0v) is 20.1. The van der Waals surface area contributed by atoms with E-state index in [0.29, 0.717) is 5.56 Å². The lowest BCUT2D eigenvalue weighted by Crippen LogP contribution is -2.34. The lowest BCUT2D eigenvalue weighted by atomic mass is 9.88. The molecule has 1 aromatic heterocycles. The molecule has 10 heteroatoms. The second-order valence-corrected chi connectivity index (χ2v) is 8.87. The highest BCUT2D eigenvalue weighted by atomic mass is 19.4. The third kappa shape index (κ3) is 5.44. The third-order valence-corrected chi connectivity index (χ3v) is 6.28. The first-order valence-corrected chi connectivity index (χ1v) is 12.0. The van der Waals surface area contributed by atoms with E-state index in [1.165, 1.54) is 17.7 Å². The lowest BCUT2D eigenvalue weighted by Gasteiger charge is -2.26. The third-order valence-electron chi connectivity index (χ3n) is 6.28. The number of hydrogen-bond donors (Lipinski definition) is 1. The van der Waals surface area contributed by atoms with Gasteiger partial charge in [0, 0.05) is 5.56 Å². The molecule has 4 aromatic rings. The molecule has 0 saturated carbocycles. The molecule has 0 bridgehead atoms. The van der Waals surface area contributed by atoms with Crippen molar-refractivity contribution in [3.05, 3.63) is 101 Å². The average molecular weight is 521 g/mol. The van der Waals surface area contributed by atoms with Crippen LogP contribution in [0.15, 0.2) is 78.9 Å². The SMILES string of the molecule is O=C(COC(=O)c1nc(-c2ccccc2)n(-c2cccc(C(F)(F)F)c2)n1)N[C@@H]1CCCc2ccccc21. The summed E-state index contributed by atoms with van der Waals surface area (Å²) < 4.78 is 46.2. The van der Waals surface area contributed by atoms with E-state index in [2.05, 4.69) is 15.4 Å². The average Bonchev–Trinajstić information content (AvgIpc) is 3.38. The number of rotatable bonds is 6. The van der Waals surface area contributed by atoms with Crippen LogP contribution in [0.5, 0.6) is 0 Å². The predicted molar refractivity (Wildman–Crippen MR) is 132 cm³/mol. The van der Waals surface area contributed by atoms with Crippen LogP contribution in [-0.2, 0) is 22.1 Å². The Kier molecular flexibility index (Phi) is 6.95. The molecule has 1 heterocycles. The summed E-state index contributed by atoms with van der Waals surface area (Å²) in [5.74, 6) is -1.66. The Morgan fingerprint density at radius 2 is 1.76 bits per heavy atom. The molecule has 0 unspecified atom stereocenters. The number of alkyl halides is 3. The summed E-state index contributed by atoms with van der Waals surface area (Å²) >= 11 is 0. The van der Waals surface area contributed by atoms with Gasteiger partial charge in [0.2, 0.25) is 0 Å². The van der Waals surface area contributed by atoms with E-state index in [9.17, 15) is 22.8 Å². The molecule has 1 amide bonds. The molecule has 0 spiro atoms. The van der Waals surface area contributed by atoms with Crippen LogP contribution >= 0.6 is 0 Å². The molecule has 3 aromatic carbocycles. The van der Waals surface area contributed by atoms with Crippen molar-refractivity contribution in [2.75, 3.05) is 6.61 Å². The van der Waals surface area contributed by atoms with Gasteiger partial charge in [-0.3, -0.25) is 4.79 Å². The summed E-state index contributed by atoms with van der Waals surface area (Å²) in [6.07, 6.45) is -1.90. The van der Waals surface area contributed by atoms with Crippen LogP contribution in [-0.4, -0.2) is 33.2 Å². The minimum Gasteiger partial charge on any atom is -0.450 e. The number of benzene rings is 3. The van der Waals surface area contributed by atoms with Crippen LogP contribution in [0.25, 0.3) is 17.1 Å². The van der Waals surface area contributed by atoms with E-state index >= 15 is 0 Å². The van der Waals surface area contributed by atoms with E-state index in [1.807, 2.05) is 24.3 Å². The fourth-order valence-electron chi connectivity index (χ4n) is 4.50. The zero-order valence-electron chi connectivity index (χ0n) is 20.1. The zero-order chi connectivity index (χ0) is 26.7. The molecule has 38 heavy (non-hydrogen) atoms. The normalized spacial score (nSPS) is 15.0. The van der Waals surface area contributed by atoms with E-state index < -0.39 is 30.2 Å². The Balaban J connectivity index is 1.35. The Labute approximate surface area is 216 Å². The van der Waals surface area contributed by atoms with Crippen molar-refractivity contribution in [3.63, 3.8) is 0 Å². The number of amides is 1. The Morgan fingerprint density at radius 1 is 1.00 bits per heavy atom. The largest absolute Gasteiger partial charge is 0.450 e. The van der Waals surface area contributed by atoms with Gasteiger partial charge in [0.1, 0.15) is 0 Å². The van der Waals surface area contributed by atoms with E-state index in [-0.39, 0.29) is 23.4 Å². The number of esters is 1. The molecule has 0 aliphatic heterocycles. The standard InChI is InChI=1S/C28H23F3N4O3/c29-28(30,31)20-12-7-13-21(16-20)35-26(19-9-2-1-3-10-19)33-25(34-35)27(37)38-17-24(36)32-23-15-6-11-18-8-4-5-14-22(18)23/h1-5,7-10,12-14,16,23H,6,11,15,17H2,(H,32,36)/t23-/m1/s1. The molecule has 1 atom stereocenters. The van der Waals surface area contributed by atoms with Gasteiger partial charge < -0.3 is 10.1 Å². The van der Waals surface area contributed by atoms with Gasteiger partial charge in [0.05, 0.1) is 17.3 Å². The molecule has 1 aliphatic rings. The first kappa shape index (κ1) is 25.2. The van der Waals surface area contributed by atoms with Gasteiger partial charge >= 0.3 is 12.1 Å². The van der Waals surface area contributed by atoms with Gasteiger partial charge in [-0.1, -0.05) is 60.7 Å². The number of carbonyl (C=O) groups excluding carboxylic acids is 2. The molecule has 1 N–H and O–H groups in total. The summed E-state index contributed by atoms with van der Waals surface area (Å²) in [5.41, 5.74) is 1.96. The summed E-state index contributed by atoms with van der Waals surface area (Å²) in [7, 11) is 0. The maximum atomic E-state index is 13.3. The molecule has 0 radical (unpaired) electrons. The number of fused-ring (bicyclic) bond motifs is 1. The first-order chi connectivity index (χ1) is 18.3. The molecule has 0 fully saturated rings. The molecular weight excluding hydrogens is 497 g/mol. The number of nitrogens with zero attached hydrogens (tertiary/aromatic N) is 3. The van der Waals surface area contributed by atoms with Crippen LogP contribution in [0, 0.1) is 0 Å². The van der Waals surface area contributed by atoms with Gasteiger partial charge in [0.25, 0.3) is 11.7 Å². The van der Waals surface area contributed by atoms with Crippen molar-refractivity contribution >= 4 is 11.9 Å². The number of aromatic nitrogens is 3. The smallest absolute Gasteiger partial charge is 0.416 e. The van der Waals surface area contributed by atoms with Crippen molar-refractivity contribution in [2.24, 2.45) is 0 Å². The number of ether oxygens (including phenoxy) is 1. The van der Waals surface area contributed by atoms with E-state index in [4.69, 9.17) is 4.74 Å². The maximum absolute atomic E-state index is 13.3. The number of carbonyl (C=O) groups is 2. The minimum atomic E-state index is -4.56. The summed E-state index contributed by atoms with van der Waals surface area (Å²) in [4.78, 5) is 29.6. The van der Waals surface area contributed by atoms with Gasteiger partial charge in [-0.15, -0.1) is 5.10 Å². The Morgan fingerprint density at radius 3 is 2.55 bits per heavy atom. The number of hydrogen-bond acceptors (Lipinski definition) is 5. The molecule has 5 rings (SSSR count). The van der Waals surface area contributed by atoms with E-state index in [0.717, 1.165) is 41.6 Å². The minimum absolute atomic E-state index is 0.0685. The fourth-order valence-corrected chi connectivity index (χ4v) is 4.50. The molecule has 0 saturated heterocycles. The number of halogens is 3. The summed E-state index contributed by atoms with van der Waals surface area (Å²) in [6, 6.07) is 20.9. The van der Waals surface area contributed by atoms with Crippen LogP contribution in [0.1, 0.15) is 46.2 Å². The van der Waals surface area contributed by atoms with Gasteiger partial charge in [-0.25, -0.2) is 14.5 Å². The van der Waals surface area contributed by atoms with Gasteiger partial charge in [-0.2, -0.15) is 13.2 Å². The molecule has 194 valence electrons. The first-order valence-electron chi connectivity index (χ1n) is 12.0. The molecule has 7 nitrogen and oxygen atoms in total. The Hall–Kier alpha value is -4.47. The number of nitrogens with one attached hydrogen (secondary N) is 1.